The molecule has 2 aromatic carbocycles. The number of hydrogen-bond acceptors (Lipinski definition) is 4. The molecule has 26 heavy (non-hydrogen) atoms. The topological polar surface area (TPSA) is 63.6 Å². The average molecular weight is 433 g/mol. The number of fused-ring (bicyclic) bond motifs is 1. The summed E-state index contributed by atoms with van der Waals surface area (Å²) in [5, 5.41) is 5.21. The number of para-hydroxylation sites is 2. The number of carbonyl (C=O) groups excluding carboxylic acids is 1. The molecular weight excluding hydrogens is 418 g/mol. The Kier molecular flexibility index (Phi) is 5.85. The number of carbonyl (C=O) groups is 1. The van der Waals surface area contributed by atoms with Crippen molar-refractivity contribution in [3.05, 3.63) is 69.8 Å². The predicted octanol–water partition coefficient (Wildman–Crippen LogP) is 4.57. The third kappa shape index (κ3) is 4.39. The van der Waals surface area contributed by atoms with Crippen LogP contribution in [0.15, 0.2) is 64.2 Å². The molecule has 0 bridgehead atoms. The molecule has 1 aromatic heterocycles. The maximum atomic E-state index is 12.1. The van der Waals surface area contributed by atoms with Crippen LogP contribution >= 0.6 is 27.5 Å². The first-order valence-electron chi connectivity index (χ1n) is 7.84. The summed E-state index contributed by atoms with van der Waals surface area (Å²) in [6.07, 6.45) is 0.751. The fourth-order valence-corrected chi connectivity index (χ4v) is 2.81. The molecule has 0 aliphatic heterocycles. The van der Waals surface area contributed by atoms with Crippen molar-refractivity contribution in [2.24, 2.45) is 5.10 Å². The minimum Gasteiger partial charge on any atom is -0.480 e. The molecule has 1 unspecified atom stereocenters. The lowest BCUT2D eigenvalue weighted by molar-refractivity contribution is -0.127. The Morgan fingerprint density at radius 2 is 2.00 bits per heavy atom. The van der Waals surface area contributed by atoms with Gasteiger partial charge in [-0.1, -0.05) is 41.9 Å². The van der Waals surface area contributed by atoms with Crippen molar-refractivity contribution < 1.29 is 9.53 Å². The van der Waals surface area contributed by atoms with Crippen LogP contribution in [-0.4, -0.2) is 23.2 Å². The number of ether oxygens (including phenoxy) is 1. The summed E-state index contributed by atoms with van der Waals surface area (Å²) in [4.78, 5) is 16.4. The Bertz CT molecular complexity index is 978. The Balaban J connectivity index is 1.65. The highest BCUT2D eigenvalue weighted by atomic mass is 79.9. The van der Waals surface area contributed by atoms with E-state index in [-0.39, 0.29) is 5.91 Å². The van der Waals surface area contributed by atoms with Gasteiger partial charge >= 0.3 is 0 Å². The zero-order valence-corrected chi connectivity index (χ0v) is 16.2. The molecule has 1 heterocycles. The number of nitrogens with zero attached hydrogens (tertiary/aromatic N) is 2. The second-order valence-corrected chi connectivity index (χ2v) is 6.70. The molecule has 1 N–H and O–H groups in total. The van der Waals surface area contributed by atoms with Crippen molar-refractivity contribution in [2.75, 3.05) is 0 Å². The fraction of sp³-hybridized carbons (Fsp3) is 0.105. The number of hydrogen-bond donors (Lipinski definition) is 1. The summed E-state index contributed by atoms with van der Waals surface area (Å²) in [5.41, 5.74) is 3.87. The zero-order valence-electron chi connectivity index (χ0n) is 13.8. The van der Waals surface area contributed by atoms with E-state index in [4.69, 9.17) is 16.3 Å². The summed E-state index contributed by atoms with van der Waals surface area (Å²) in [5.74, 6) is 0.211. The van der Waals surface area contributed by atoms with Gasteiger partial charge in [0.1, 0.15) is 10.9 Å². The largest absolute Gasteiger partial charge is 0.480 e. The molecule has 0 spiro atoms. The van der Waals surface area contributed by atoms with Crippen LogP contribution in [0.5, 0.6) is 5.75 Å². The van der Waals surface area contributed by atoms with Crippen molar-refractivity contribution in [3.63, 3.8) is 0 Å². The standard InChI is InChI=1S/C19H15BrClN3O2/c1-12(26-17-9-5-3-7-15(17)20)19(25)24-22-11-14-10-13-6-2-4-8-16(13)23-18(14)21/h2-12H,1H3,(H,24,25)/b22-11+. The molecule has 132 valence electrons. The van der Waals surface area contributed by atoms with Crippen LogP contribution in [0.4, 0.5) is 0 Å². The lowest BCUT2D eigenvalue weighted by Crippen LogP contribution is -2.33. The van der Waals surface area contributed by atoms with E-state index in [0.29, 0.717) is 16.5 Å². The van der Waals surface area contributed by atoms with Crippen LogP contribution in [0, 0.1) is 0 Å². The molecule has 1 atom stereocenters. The summed E-state index contributed by atoms with van der Waals surface area (Å²) in [7, 11) is 0. The molecule has 1 amide bonds. The molecule has 7 heteroatoms. The van der Waals surface area contributed by atoms with Gasteiger partial charge in [-0.15, -0.1) is 0 Å². The van der Waals surface area contributed by atoms with Gasteiger partial charge in [0, 0.05) is 10.9 Å². The van der Waals surface area contributed by atoms with E-state index in [0.717, 1.165) is 15.4 Å². The van der Waals surface area contributed by atoms with Crippen molar-refractivity contribution >= 4 is 50.6 Å². The lowest BCUT2D eigenvalue weighted by atomic mass is 10.2. The van der Waals surface area contributed by atoms with Crippen molar-refractivity contribution in [1.29, 1.82) is 0 Å². The van der Waals surface area contributed by atoms with Gasteiger partial charge in [-0.05, 0) is 47.1 Å². The van der Waals surface area contributed by atoms with Gasteiger partial charge in [0.2, 0.25) is 0 Å². The van der Waals surface area contributed by atoms with E-state index < -0.39 is 6.10 Å². The third-order valence-corrected chi connectivity index (χ3v) is 4.55. The number of amides is 1. The Hall–Kier alpha value is -2.44. The SMILES string of the molecule is CC(Oc1ccccc1Br)C(=O)N/N=C/c1cc2ccccc2nc1Cl. The molecular formula is C19H15BrClN3O2. The first-order chi connectivity index (χ1) is 12.5. The highest BCUT2D eigenvalue weighted by Crippen LogP contribution is 2.24. The maximum Gasteiger partial charge on any atom is 0.280 e. The number of rotatable bonds is 5. The molecule has 3 aromatic rings. The Labute approximate surface area is 164 Å². The molecule has 0 aliphatic rings. The van der Waals surface area contributed by atoms with E-state index in [2.05, 4.69) is 31.4 Å². The summed E-state index contributed by atoms with van der Waals surface area (Å²) < 4.78 is 6.39. The van der Waals surface area contributed by atoms with Gasteiger partial charge in [0.15, 0.2) is 6.10 Å². The third-order valence-electron chi connectivity index (χ3n) is 3.59. The van der Waals surface area contributed by atoms with Gasteiger partial charge in [-0.3, -0.25) is 4.79 Å². The van der Waals surface area contributed by atoms with E-state index in [1.165, 1.54) is 6.21 Å². The first kappa shape index (κ1) is 18.4. The Morgan fingerprint density at radius 1 is 1.27 bits per heavy atom. The zero-order chi connectivity index (χ0) is 18.5. The number of nitrogens with one attached hydrogen (secondary N) is 1. The molecule has 0 saturated heterocycles. The predicted molar refractivity (Wildman–Crippen MR) is 107 cm³/mol. The highest BCUT2D eigenvalue weighted by Gasteiger charge is 2.15. The quantitative estimate of drug-likeness (QED) is 0.365. The van der Waals surface area contributed by atoms with Gasteiger partial charge in [-0.2, -0.15) is 5.10 Å². The number of hydrazone groups is 1. The molecule has 0 radical (unpaired) electrons. The molecule has 5 nitrogen and oxygen atoms in total. The molecule has 0 fully saturated rings. The van der Waals surface area contributed by atoms with E-state index >= 15 is 0 Å². The minimum atomic E-state index is -0.712. The smallest absolute Gasteiger partial charge is 0.280 e. The van der Waals surface area contributed by atoms with Crippen LogP contribution < -0.4 is 10.2 Å². The van der Waals surface area contributed by atoms with Gasteiger partial charge < -0.3 is 4.74 Å². The van der Waals surface area contributed by atoms with Crippen molar-refractivity contribution in [2.45, 2.75) is 13.0 Å². The van der Waals surface area contributed by atoms with E-state index in [1.807, 2.05) is 48.5 Å². The van der Waals surface area contributed by atoms with Gasteiger partial charge in [0.05, 0.1) is 16.2 Å². The summed E-state index contributed by atoms with van der Waals surface area (Å²) in [6.45, 7) is 1.65. The first-order valence-corrected chi connectivity index (χ1v) is 9.01. The van der Waals surface area contributed by atoms with Crippen molar-refractivity contribution in [1.82, 2.24) is 10.4 Å². The molecule has 0 aliphatic carbocycles. The monoisotopic (exact) mass is 431 g/mol. The normalized spacial score (nSPS) is 12.3. The lowest BCUT2D eigenvalue weighted by Gasteiger charge is -2.13. The molecule has 3 rings (SSSR count). The second-order valence-electron chi connectivity index (χ2n) is 5.49. The number of halogens is 2. The minimum absolute atomic E-state index is 0.319. The second kappa shape index (κ2) is 8.29. The number of pyridine rings is 1. The van der Waals surface area contributed by atoms with Crippen LogP contribution in [-0.2, 0) is 4.79 Å². The number of benzene rings is 2. The van der Waals surface area contributed by atoms with Crippen LogP contribution in [0.2, 0.25) is 5.15 Å². The average Bonchev–Trinajstić information content (AvgIpc) is 2.63. The molecule has 0 saturated carbocycles. The van der Waals surface area contributed by atoms with Crippen LogP contribution in [0.25, 0.3) is 10.9 Å². The van der Waals surface area contributed by atoms with Crippen LogP contribution in [0.3, 0.4) is 0 Å². The summed E-state index contributed by atoms with van der Waals surface area (Å²) in [6, 6.07) is 16.8. The Morgan fingerprint density at radius 3 is 2.81 bits per heavy atom. The highest BCUT2D eigenvalue weighted by molar-refractivity contribution is 9.10. The van der Waals surface area contributed by atoms with Gasteiger partial charge in [0.25, 0.3) is 5.91 Å². The fourth-order valence-electron chi connectivity index (χ4n) is 2.24. The van der Waals surface area contributed by atoms with E-state index in [1.54, 1.807) is 13.0 Å². The van der Waals surface area contributed by atoms with Crippen molar-refractivity contribution in [3.8, 4) is 5.75 Å². The van der Waals surface area contributed by atoms with Crippen LogP contribution in [0.1, 0.15) is 12.5 Å². The summed E-state index contributed by atoms with van der Waals surface area (Å²) >= 11 is 9.54. The maximum absolute atomic E-state index is 12.1. The number of aromatic nitrogens is 1. The van der Waals surface area contributed by atoms with E-state index in [9.17, 15) is 4.79 Å². The van der Waals surface area contributed by atoms with Gasteiger partial charge in [-0.25, -0.2) is 10.4 Å².